The quantitative estimate of drug-likeness (QED) is 0.806. The van der Waals surface area contributed by atoms with E-state index in [1.165, 1.54) is 6.33 Å². The first-order chi connectivity index (χ1) is 9.13. The summed E-state index contributed by atoms with van der Waals surface area (Å²) in [6, 6.07) is 6.68. The van der Waals surface area contributed by atoms with Gasteiger partial charge in [0, 0.05) is 20.0 Å². The normalized spacial score (nSPS) is 11.4. The van der Waals surface area contributed by atoms with E-state index in [1.807, 2.05) is 0 Å². The van der Waals surface area contributed by atoms with E-state index in [9.17, 15) is 8.42 Å². The van der Waals surface area contributed by atoms with Gasteiger partial charge < -0.3 is 9.84 Å². The Morgan fingerprint density at radius 1 is 1.32 bits per heavy atom. The fourth-order valence-electron chi connectivity index (χ4n) is 1.58. The summed E-state index contributed by atoms with van der Waals surface area (Å²) in [4.78, 5) is 4.03. The highest BCUT2D eigenvalue weighted by atomic mass is 32.2. The van der Waals surface area contributed by atoms with Crippen LogP contribution in [0.1, 0.15) is 5.89 Å². The minimum absolute atomic E-state index is 0.197. The molecule has 102 valence electrons. The third kappa shape index (κ3) is 3.30. The lowest BCUT2D eigenvalue weighted by molar-refractivity contribution is 0.377. The van der Waals surface area contributed by atoms with Gasteiger partial charge in [-0.15, -0.1) is 0 Å². The van der Waals surface area contributed by atoms with Crippen molar-refractivity contribution in [1.29, 1.82) is 0 Å². The molecule has 1 aromatic carbocycles. The van der Waals surface area contributed by atoms with Gasteiger partial charge in [-0.3, -0.25) is 0 Å². The number of nitrogens with zero attached hydrogens (tertiary/aromatic N) is 2. The zero-order chi connectivity index (χ0) is 13.7. The molecule has 2 N–H and O–H groups in total. The average Bonchev–Trinajstić information content (AvgIpc) is 2.91. The molecule has 0 saturated heterocycles. The van der Waals surface area contributed by atoms with Crippen LogP contribution in [-0.4, -0.2) is 32.2 Å². The van der Waals surface area contributed by atoms with Crippen molar-refractivity contribution in [1.82, 2.24) is 14.9 Å². The molecule has 8 heteroatoms. The van der Waals surface area contributed by atoms with Gasteiger partial charge in [0.05, 0.1) is 5.69 Å². The van der Waals surface area contributed by atoms with Crippen LogP contribution in [0.4, 0.5) is 5.69 Å². The average molecular weight is 282 g/mol. The molecule has 2 rings (SSSR count). The minimum Gasteiger partial charge on any atom is -0.387 e. The molecule has 0 aliphatic rings. The first-order valence-corrected chi connectivity index (χ1v) is 7.14. The first-order valence-electron chi connectivity index (χ1n) is 5.65. The summed E-state index contributed by atoms with van der Waals surface area (Å²) in [6.45, 7) is 0.197. The number of nitrogens with one attached hydrogen (secondary N) is 2. The van der Waals surface area contributed by atoms with Crippen LogP contribution in [0.5, 0.6) is 0 Å². The zero-order valence-electron chi connectivity index (χ0n) is 10.3. The highest BCUT2D eigenvalue weighted by molar-refractivity contribution is 7.89. The first kappa shape index (κ1) is 13.5. The molecule has 0 fully saturated rings. The largest absolute Gasteiger partial charge is 0.387 e. The molecule has 0 radical (unpaired) electrons. The number of hydrogen-bond donors (Lipinski definition) is 2. The van der Waals surface area contributed by atoms with Crippen molar-refractivity contribution in [2.24, 2.45) is 0 Å². The van der Waals surface area contributed by atoms with Crippen LogP contribution in [0.2, 0.25) is 0 Å². The molecule has 0 unspecified atom stereocenters. The Kier molecular flexibility index (Phi) is 4.13. The molecule has 7 nitrogen and oxygen atoms in total. The monoisotopic (exact) mass is 282 g/mol. The molecule has 0 amide bonds. The molecular weight excluding hydrogens is 268 g/mol. The molecule has 0 saturated carbocycles. The maximum atomic E-state index is 12.1. The Balaban J connectivity index is 2.05. The molecule has 0 atom stereocenters. The maximum Gasteiger partial charge on any atom is 0.242 e. The predicted molar refractivity (Wildman–Crippen MR) is 69.2 cm³/mol. The van der Waals surface area contributed by atoms with Crippen molar-refractivity contribution in [3.8, 4) is 0 Å². The summed E-state index contributed by atoms with van der Waals surface area (Å²) >= 11 is 0. The van der Waals surface area contributed by atoms with E-state index in [0.29, 0.717) is 18.0 Å². The SMILES string of the molecule is CNc1ccccc1S(=O)(=O)NCCc1ncno1. The van der Waals surface area contributed by atoms with E-state index in [-0.39, 0.29) is 11.4 Å². The van der Waals surface area contributed by atoms with E-state index in [0.717, 1.165) is 0 Å². The molecule has 1 aromatic heterocycles. The standard InChI is InChI=1S/C11H14N4O3S/c1-12-9-4-2-3-5-10(9)19(16,17)15-7-6-11-13-8-14-18-11/h2-5,8,12,15H,6-7H2,1H3. The summed E-state index contributed by atoms with van der Waals surface area (Å²) in [6.07, 6.45) is 1.63. The number of benzene rings is 1. The van der Waals surface area contributed by atoms with Crippen LogP contribution in [0.25, 0.3) is 0 Å². The van der Waals surface area contributed by atoms with Crippen LogP contribution in [0, 0.1) is 0 Å². The van der Waals surface area contributed by atoms with E-state index in [4.69, 9.17) is 4.52 Å². The number of para-hydroxylation sites is 1. The molecule has 1 heterocycles. The Labute approximate surface area is 111 Å². The number of anilines is 1. The lowest BCUT2D eigenvalue weighted by Gasteiger charge is -2.10. The van der Waals surface area contributed by atoms with Gasteiger partial charge in [0.25, 0.3) is 0 Å². The van der Waals surface area contributed by atoms with Crippen LogP contribution >= 0.6 is 0 Å². The highest BCUT2D eigenvalue weighted by Gasteiger charge is 2.17. The fraction of sp³-hybridized carbons (Fsp3) is 0.273. The van der Waals surface area contributed by atoms with E-state index >= 15 is 0 Å². The minimum atomic E-state index is -3.56. The molecule has 19 heavy (non-hydrogen) atoms. The van der Waals surface area contributed by atoms with Crippen molar-refractivity contribution in [2.75, 3.05) is 18.9 Å². The van der Waals surface area contributed by atoms with Crippen molar-refractivity contribution < 1.29 is 12.9 Å². The van der Waals surface area contributed by atoms with E-state index < -0.39 is 10.0 Å². The van der Waals surface area contributed by atoms with Gasteiger partial charge >= 0.3 is 0 Å². The van der Waals surface area contributed by atoms with Crippen LogP contribution in [-0.2, 0) is 16.4 Å². The van der Waals surface area contributed by atoms with E-state index in [2.05, 4.69) is 20.2 Å². The van der Waals surface area contributed by atoms with Crippen LogP contribution < -0.4 is 10.0 Å². The van der Waals surface area contributed by atoms with Crippen molar-refractivity contribution in [3.05, 3.63) is 36.5 Å². The van der Waals surface area contributed by atoms with Crippen molar-refractivity contribution >= 4 is 15.7 Å². The van der Waals surface area contributed by atoms with Gasteiger partial charge in [0.15, 0.2) is 6.33 Å². The highest BCUT2D eigenvalue weighted by Crippen LogP contribution is 2.19. The Morgan fingerprint density at radius 3 is 2.79 bits per heavy atom. The zero-order valence-corrected chi connectivity index (χ0v) is 11.1. The number of aromatic nitrogens is 2. The summed E-state index contributed by atoms with van der Waals surface area (Å²) in [5, 5.41) is 6.30. The third-order valence-electron chi connectivity index (χ3n) is 2.48. The molecular formula is C11H14N4O3S. The molecule has 0 aliphatic carbocycles. The van der Waals surface area contributed by atoms with Gasteiger partial charge in [0.1, 0.15) is 4.90 Å². The summed E-state index contributed by atoms with van der Waals surface area (Å²) in [5.41, 5.74) is 0.549. The third-order valence-corrected chi connectivity index (χ3v) is 4.00. The Hall–Kier alpha value is -1.93. The number of sulfonamides is 1. The van der Waals surface area contributed by atoms with Crippen LogP contribution in [0.3, 0.4) is 0 Å². The summed E-state index contributed by atoms with van der Waals surface area (Å²) in [5.74, 6) is 0.393. The van der Waals surface area contributed by atoms with Crippen LogP contribution in [0.15, 0.2) is 40.0 Å². The topological polar surface area (TPSA) is 97.1 Å². The Morgan fingerprint density at radius 2 is 2.11 bits per heavy atom. The molecule has 0 spiro atoms. The molecule has 2 aromatic rings. The second-order valence-corrected chi connectivity index (χ2v) is 5.46. The van der Waals surface area contributed by atoms with E-state index in [1.54, 1.807) is 31.3 Å². The lowest BCUT2D eigenvalue weighted by Crippen LogP contribution is -2.26. The summed E-state index contributed by atoms with van der Waals surface area (Å²) < 4.78 is 31.5. The second kappa shape index (κ2) is 5.81. The Bertz CT molecular complexity index is 625. The second-order valence-electron chi connectivity index (χ2n) is 3.73. The van der Waals surface area contributed by atoms with Gasteiger partial charge in [-0.1, -0.05) is 17.3 Å². The predicted octanol–water partition coefficient (Wildman–Crippen LogP) is 0.632. The number of rotatable bonds is 6. The number of hydrogen-bond acceptors (Lipinski definition) is 6. The van der Waals surface area contributed by atoms with Gasteiger partial charge in [-0.05, 0) is 12.1 Å². The maximum absolute atomic E-state index is 12.1. The van der Waals surface area contributed by atoms with Gasteiger partial charge in [-0.25, -0.2) is 13.1 Å². The van der Waals surface area contributed by atoms with Crippen molar-refractivity contribution in [2.45, 2.75) is 11.3 Å². The summed E-state index contributed by atoms with van der Waals surface area (Å²) in [7, 11) is -1.89. The van der Waals surface area contributed by atoms with Crippen molar-refractivity contribution in [3.63, 3.8) is 0 Å². The van der Waals surface area contributed by atoms with Gasteiger partial charge in [-0.2, -0.15) is 4.98 Å². The molecule has 0 aliphatic heterocycles. The fourth-order valence-corrected chi connectivity index (χ4v) is 2.83. The lowest BCUT2D eigenvalue weighted by atomic mass is 10.3. The molecule has 0 bridgehead atoms. The van der Waals surface area contributed by atoms with Gasteiger partial charge in [0.2, 0.25) is 15.9 Å². The smallest absolute Gasteiger partial charge is 0.242 e.